The largest absolute Gasteiger partial charge is 0.497 e. The van der Waals surface area contributed by atoms with Gasteiger partial charge in [-0.25, -0.2) is 0 Å². The van der Waals surface area contributed by atoms with E-state index in [2.05, 4.69) is 37.5 Å². The number of ether oxygens (including phenoxy) is 1. The Balaban J connectivity index is 1.53. The van der Waals surface area contributed by atoms with E-state index >= 15 is 0 Å². The highest BCUT2D eigenvalue weighted by atomic mass is 79.9. The van der Waals surface area contributed by atoms with Gasteiger partial charge in [-0.15, -0.1) is 21.5 Å². The van der Waals surface area contributed by atoms with E-state index in [1.165, 1.54) is 16.6 Å². The topological polar surface area (TPSA) is 69.0 Å². The lowest BCUT2D eigenvalue weighted by molar-refractivity contribution is -0.113. The Labute approximate surface area is 196 Å². The van der Waals surface area contributed by atoms with Crippen LogP contribution in [0.25, 0.3) is 5.69 Å². The number of nitrogens with zero attached hydrogens (tertiary/aromatic N) is 3. The van der Waals surface area contributed by atoms with Crippen LogP contribution in [-0.4, -0.2) is 33.5 Å². The summed E-state index contributed by atoms with van der Waals surface area (Å²) in [6.07, 6.45) is 0.669. The third kappa shape index (κ3) is 5.55. The van der Waals surface area contributed by atoms with Gasteiger partial charge < -0.3 is 10.1 Å². The van der Waals surface area contributed by atoms with Gasteiger partial charge in [-0.05, 0) is 60.0 Å². The fourth-order valence-electron chi connectivity index (χ4n) is 2.93. The molecule has 0 radical (unpaired) electrons. The molecule has 2 heterocycles. The predicted molar refractivity (Wildman–Crippen MR) is 129 cm³/mol. The molecule has 0 bridgehead atoms. The van der Waals surface area contributed by atoms with Gasteiger partial charge in [0.1, 0.15) is 11.6 Å². The molecule has 0 saturated heterocycles. The van der Waals surface area contributed by atoms with E-state index in [4.69, 9.17) is 4.74 Å². The zero-order valence-corrected chi connectivity index (χ0v) is 19.8. The number of halogens is 1. The average molecular weight is 515 g/mol. The second-order valence-corrected chi connectivity index (χ2v) is 9.42. The molecule has 1 N–H and O–H groups in total. The first-order valence-corrected chi connectivity index (χ1v) is 12.1. The van der Waals surface area contributed by atoms with Crippen LogP contribution in [0.5, 0.6) is 5.75 Å². The van der Waals surface area contributed by atoms with Crippen molar-refractivity contribution in [2.45, 2.75) is 11.6 Å². The number of aromatic nitrogens is 3. The SMILES string of the molecule is COc1ccc(-n2c(Cc3cccs3)nnc2SCC(=O)Nc2ccc(Br)cc2)cc1. The van der Waals surface area contributed by atoms with Crippen molar-refractivity contribution >= 4 is 50.6 Å². The molecule has 4 aromatic rings. The first-order valence-electron chi connectivity index (χ1n) is 9.41. The second kappa shape index (κ2) is 10.1. The zero-order chi connectivity index (χ0) is 21.6. The molecular formula is C22H19BrN4O2S2. The molecule has 0 aliphatic carbocycles. The molecule has 0 saturated carbocycles. The summed E-state index contributed by atoms with van der Waals surface area (Å²) in [5, 5.41) is 14.4. The van der Waals surface area contributed by atoms with Crippen LogP contribution in [0.3, 0.4) is 0 Å². The molecule has 0 atom stereocenters. The van der Waals surface area contributed by atoms with Crippen molar-refractivity contribution in [1.29, 1.82) is 0 Å². The molecule has 2 aromatic carbocycles. The number of thioether (sulfide) groups is 1. The van der Waals surface area contributed by atoms with Crippen molar-refractivity contribution < 1.29 is 9.53 Å². The van der Waals surface area contributed by atoms with Crippen LogP contribution in [0.4, 0.5) is 5.69 Å². The molecule has 9 heteroatoms. The lowest BCUT2D eigenvalue weighted by Gasteiger charge is -2.11. The van der Waals surface area contributed by atoms with Crippen molar-refractivity contribution in [2.24, 2.45) is 0 Å². The molecule has 1 amide bonds. The van der Waals surface area contributed by atoms with Crippen LogP contribution in [0.1, 0.15) is 10.7 Å². The van der Waals surface area contributed by atoms with Gasteiger partial charge in [-0.3, -0.25) is 9.36 Å². The molecule has 31 heavy (non-hydrogen) atoms. The van der Waals surface area contributed by atoms with Gasteiger partial charge in [0.2, 0.25) is 5.91 Å². The first-order chi connectivity index (χ1) is 15.1. The number of hydrogen-bond acceptors (Lipinski definition) is 6. The number of nitrogens with one attached hydrogen (secondary N) is 1. The van der Waals surface area contributed by atoms with Crippen LogP contribution in [0.2, 0.25) is 0 Å². The van der Waals surface area contributed by atoms with Crippen molar-refractivity contribution in [3.63, 3.8) is 0 Å². The summed E-state index contributed by atoms with van der Waals surface area (Å²) in [4.78, 5) is 13.6. The maximum absolute atomic E-state index is 12.4. The molecule has 0 aliphatic heterocycles. The molecule has 0 unspecified atom stereocenters. The van der Waals surface area contributed by atoms with Crippen molar-refractivity contribution in [2.75, 3.05) is 18.2 Å². The van der Waals surface area contributed by atoms with Crippen LogP contribution in [0, 0.1) is 0 Å². The summed E-state index contributed by atoms with van der Waals surface area (Å²) in [6, 6.07) is 19.3. The van der Waals surface area contributed by atoms with Gasteiger partial charge >= 0.3 is 0 Å². The Morgan fingerprint density at radius 1 is 1.13 bits per heavy atom. The number of rotatable bonds is 8. The molecule has 0 aliphatic rings. The molecule has 2 aromatic heterocycles. The van der Waals surface area contributed by atoms with Gasteiger partial charge in [-0.1, -0.05) is 33.8 Å². The number of amides is 1. The Kier molecular flexibility index (Phi) is 7.06. The number of thiophene rings is 1. The standard InChI is InChI=1S/C22H19BrN4O2S2/c1-29-18-10-8-17(9-11-18)27-20(13-19-3-2-12-30-19)25-26-22(27)31-14-21(28)24-16-6-4-15(23)5-7-16/h2-12H,13-14H2,1H3,(H,24,28). The summed E-state index contributed by atoms with van der Waals surface area (Å²) in [7, 11) is 1.64. The summed E-state index contributed by atoms with van der Waals surface area (Å²) in [5.41, 5.74) is 1.68. The fraction of sp³-hybridized carbons (Fsp3) is 0.136. The van der Waals surface area contributed by atoms with E-state index in [1.54, 1.807) is 18.4 Å². The third-order valence-corrected chi connectivity index (χ3v) is 6.74. The minimum atomic E-state index is -0.101. The molecule has 0 fully saturated rings. The number of anilines is 1. The van der Waals surface area contributed by atoms with E-state index < -0.39 is 0 Å². The number of hydrogen-bond donors (Lipinski definition) is 1. The third-order valence-electron chi connectivity index (χ3n) is 4.40. The van der Waals surface area contributed by atoms with Gasteiger partial charge in [0.25, 0.3) is 0 Å². The van der Waals surface area contributed by atoms with Crippen LogP contribution >= 0.6 is 39.0 Å². The summed E-state index contributed by atoms with van der Waals surface area (Å²) < 4.78 is 8.24. The minimum Gasteiger partial charge on any atom is -0.497 e. The first kappa shape index (κ1) is 21.6. The Bertz CT molecular complexity index is 1140. The number of carbonyl (C=O) groups excluding carboxylic acids is 1. The molecular weight excluding hydrogens is 496 g/mol. The molecule has 6 nitrogen and oxygen atoms in total. The van der Waals surface area contributed by atoms with E-state index in [1.807, 2.05) is 64.5 Å². The quantitative estimate of drug-likeness (QED) is 0.318. The van der Waals surface area contributed by atoms with E-state index in [9.17, 15) is 4.79 Å². The minimum absolute atomic E-state index is 0.101. The lowest BCUT2D eigenvalue weighted by atomic mass is 10.2. The lowest BCUT2D eigenvalue weighted by Crippen LogP contribution is -2.14. The maximum atomic E-state index is 12.4. The fourth-order valence-corrected chi connectivity index (χ4v) is 4.66. The summed E-state index contributed by atoms with van der Waals surface area (Å²) in [6.45, 7) is 0. The van der Waals surface area contributed by atoms with Gasteiger partial charge in [0.15, 0.2) is 5.16 Å². The van der Waals surface area contributed by atoms with Crippen molar-refractivity contribution in [1.82, 2.24) is 14.8 Å². The predicted octanol–water partition coefficient (Wildman–Crippen LogP) is 5.42. The zero-order valence-electron chi connectivity index (χ0n) is 16.6. The van der Waals surface area contributed by atoms with Gasteiger partial charge in [0.05, 0.1) is 12.9 Å². The number of methoxy groups -OCH3 is 1. The maximum Gasteiger partial charge on any atom is 0.234 e. The Morgan fingerprint density at radius 3 is 2.58 bits per heavy atom. The van der Waals surface area contributed by atoms with Crippen LogP contribution < -0.4 is 10.1 Å². The molecule has 0 spiro atoms. The van der Waals surface area contributed by atoms with Crippen molar-refractivity contribution in [3.8, 4) is 11.4 Å². The summed E-state index contributed by atoms with van der Waals surface area (Å²) in [5.74, 6) is 1.73. The molecule has 158 valence electrons. The average Bonchev–Trinajstić information content (AvgIpc) is 3.44. The van der Waals surface area contributed by atoms with Crippen LogP contribution in [-0.2, 0) is 11.2 Å². The van der Waals surface area contributed by atoms with Crippen molar-refractivity contribution in [3.05, 3.63) is 81.2 Å². The Morgan fingerprint density at radius 2 is 1.90 bits per heavy atom. The smallest absolute Gasteiger partial charge is 0.234 e. The highest BCUT2D eigenvalue weighted by molar-refractivity contribution is 9.10. The van der Waals surface area contributed by atoms with E-state index in [0.29, 0.717) is 11.6 Å². The highest BCUT2D eigenvalue weighted by Gasteiger charge is 2.17. The van der Waals surface area contributed by atoms with E-state index in [0.717, 1.165) is 27.4 Å². The Hall–Kier alpha value is -2.62. The van der Waals surface area contributed by atoms with E-state index in [-0.39, 0.29) is 11.7 Å². The highest BCUT2D eigenvalue weighted by Crippen LogP contribution is 2.26. The second-order valence-electron chi connectivity index (χ2n) is 6.53. The number of benzene rings is 2. The monoisotopic (exact) mass is 514 g/mol. The molecule has 4 rings (SSSR count). The van der Waals surface area contributed by atoms with Crippen LogP contribution in [0.15, 0.2) is 75.7 Å². The summed E-state index contributed by atoms with van der Waals surface area (Å²) >= 11 is 6.43. The normalized spacial score (nSPS) is 10.8. The number of carbonyl (C=O) groups is 1. The van der Waals surface area contributed by atoms with Gasteiger partial charge in [-0.2, -0.15) is 0 Å². The van der Waals surface area contributed by atoms with Gasteiger partial charge in [0, 0.05) is 27.1 Å².